The molecule has 0 aromatic carbocycles. The normalized spacial score (nSPS) is 21.8. The highest BCUT2D eigenvalue weighted by Gasteiger charge is 2.38. The maximum absolute atomic E-state index is 11.9. The summed E-state index contributed by atoms with van der Waals surface area (Å²) < 4.78 is 0. The first-order valence-electron chi connectivity index (χ1n) is 9.67. The first kappa shape index (κ1) is 30.6. The average Bonchev–Trinajstić information content (AvgIpc) is 2.78. The van der Waals surface area contributed by atoms with E-state index in [1.165, 1.54) is 14.1 Å². The zero-order valence-electron chi connectivity index (χ0n) is 17.6. The Bertz CT molecular complexity index is 557. The molecule has 0 aliphatic carbocycles. The minimum atomic E-state index is -2.32. The van der Waals surface area contributed by atoms with Crippen molar-refractivity contribution in [3.05, 3.63) is 12.2 Å². The van der Waals surface area contributed by atoms with Gasteiger partial charge in [-0.05, 0) is 26.2 Å². The molecule has 0 radical (unpaired) electrons. The summed E-state index contributed by atoms with van der Waals surface area (Å²) in [5.41, 5.74) is 0. The number of hydrogen-bond donors (Lipinski definition) is 12. The van der Waals surface area contributed by atoms with Gasteiger partial charge in [0.15, 0.2) is 11.6 Å². The van der Waals surface area contributed by atoms with Gasteiger partial charge in [0.2, 0.25) is 0 Å². The second-order valence-corrected chi connectivity index (χ2v) is 7.22. The SMILES string of the molecule is CNCC(O)C(O)C(O)C(O)C(O)C(=O)/C=C\C(=O)C(O)C(O)C(O)C(O)C(O)CNC. The Hall–Kier alpha value is -1.40. The van der Waals surface area contributed by atoms with E-state index in [-0.39, 0.29) is 13.1 Å². The van der Waals surface area contributed by atoms with E-state index in [2.05, 4.69) is 10.6 Å². The molecule has 10 atom stereocenters. The third-order valence-corrected chi connectivity index (χ3v) is 4.66. The van der Waals surface area contributed by atoms with E-state index in [0.29, 0.717) is 12.2 Å². The second kappa shape index (κ2) is 14.7. The van der Waals surface area contributed by atoms with E-state index in [0.717, 1.165) is 0 Å². The number of nitrogens with one attached hydrogen (secondary N) is 2. The van der Waals surface area contributed by atoms with Crippen LogP contribution in [-0.2, 0) is 9.59 Å². The van der Waals surface area contributed by atoms with Crippen LogP contribution in [0.4, 0.5) is 0 Å². The van der Waals surface area contributed by atoms with Crippen molar-refractivity contribution in [2.45, 2.75) is 61.0 Å². The molecule has 14 heteroatoms. The summed E-state index contributed by atoms with van der Waals surface area (Å²) in [6.07, 6.45) is -19.5. The van der Waals surface area contributed by atoms with Crippen LogP contribution in [0.25, 0.3) is 0 Å². The highest BCUT2D eigenvalue weighted by molar-refractivity contribution is 6.02. The monoisotopic (exact) mass is 470 g/mol. The van der Waals surface area contributed by atoms with Crippen molar-refractivity contribution in [2.75, 3.05) is 27.2 Å². The summed E-state index contributed by atoms with van der Waals surface area (Å²) in [6, 6.07) is 0. The predicted molar refractivity (Wildman–Crippen MR) is 107 cm³/mol. The molecule has 14 nitrogen and oxygen atoms in total. The van der Waals surface area contributed by atoms with Gasteiger partial charge in [-0.15, -0.1) is 0 Å². The van der Waals surface area contributed by atoms with Gasteiger partial charge >= 0.3 is 0 Å². The highest BCUT2D eigenvalue weighted by atomic mass is 16.4. The van der Waals surface area contributed by atoms with Crippen molar-refractivity contribution in [1.82, 2.24) is 10.6 Å². The fourth-order valence-electron chi connectivity index (χ4n) is 2.59. The molecule has 0 rings (SSSR count). The lowest BCUT2D eigenvalue weighted by molar-refractivity contribution is -0.150. The molecule has 0 saturated heterocycles. The van der Waals surface area contributed by atoms with Gasteiger partial charge in [-0.3, -0.25) is 9.59 Å². The van der Waals surface area contributed by atoms with Crippen molar-refractivity contribution in [3.8, 4) is 0 Å². The molecule has 0 spiro atoms. The van der Waals surface area contributed by atoms with Gasteiger partial charge < -0.3 is 61.7 Å². The molecule has 0 bridgehead atoms. The first-order chi connectivity index (χ1) is 14.8. The summed E-state index contributed by atoms with van der Waals surface area (Å²) in [5.74, 6) is -2.65. The lowest BCUT2D eigenvalue weighted by atomic mass is 9.95. The summed E-state index contributed by atoms with van der Waals surface area (Å²) >= 11 is 0. The van der Waals surface area contributed by atoms with Crippen LogP contribution in [-0.4, -0.2) is 151 Å². The minimum Gasteiger partial charge on any atom is -0.389 e. The fraction of sp³-hybridized carbons (Fsp3) is 0.778. The van der Waals surface area contributed by atoms with Gasteiger partial charge in [0, 0.05) is 13.1 Å². The molecule has 0 aromatic rings. The van der Waals surface area contributed by atoms with Crippen molar-refractivity contribution in [2.24, 2.45) is 0 Å². The molecule has 0 fully saturated rings. The van der Waals surface area contributed by atoms with E-state index in [9.17, 15) is 60.7 Å². The first-order valence-corrected chi connectivity index (χ1v) is 9.67. The van der Waals surface area contributed by atoms with E-state index in [1.54, 1.807) is 0 Å². The van der Waals surface area contributed by atoms with Crippen LogP contribution in [0.15, 0.2) is 12.2 Å². The van der Waals surface area contributed by atoms with Gasteiger partial charge in [-0.25, -0.2) is 0 Å². The number of ketones is 2. The Morgan fingerprint density at radius 2 is 0.844 bits per heavy atom. The van der Waals surface area contributed by atoms with Crippen LogP contribution >= 0.6 is 0 Å². The van der Waals surface area contributed by atoms with E-state index in [1.807, 2.05) is 0 Å². The molecule has 0 saturated carbocycles. The zero-order chi connectivity index (χ0) is 25.2. The van der Waals surface area contributed by atoms with E-state index < -0.39 is 72.6 Å². The molecule has 10 unspecified atom stereocenters. The Morgan fingerprint density at radius 3 is 1.09 bits per heavy atom. The summed E-state index contributed by atoms with van der Waals surface area (Å²) in [6.45, 7) is -0.341. The molecule has 188 valence electrons. The average molecular weight is 470 g/mol. The van der Waals surface area contributed by atoms with Crippen molar-refractivity contribution < 1.29 is 60.7 Å². The largest absolute Gasteiger partial charge is 0.389 e. The summed E-state index contributed by atoms with van der Waals surface area (Å²) in [5, 5.41) is 102. The number of likely N-dealkylation sites (N-methyl/N-ethyl adjacent to an activating group) is 2. The molecule has 12 N–H and O–H groups in total. The number of rotatable bonds is 16. The fourth-order valence-corrected chi connectivity index (χ4v) is 2.59. The lowest BCUT2D eigenvalue weighted by Gasteiger charge is -2.28. The number of hydrogen-bond acceptors (Lipinski definition) is 14. The highest BCUT2D eigenvalue weighted by Crippen LogP contribution is 2.12. The van der Waals surface area contributed by atoms with Gasteiger partial charge in [-0.2, -0.15) is 0 Å². The third kappa shape index (κ3) is 8.86. The third-order valence-electron chi connectivity index (χ3n) is 4.66. The number of aliphatic hydroxyl groups is 10. The van der Waals surface area contributed by atoms with Gasteiger partial charge in [-0.1, -0.05) is 0 Å². The number of carbonyl (C=O) groups is 2. The topological polar surface area (TPSA) is 260 Å². The summed E-state index contributed by atoms with van der Waals surface area (Å²) in [7, 11) is 2.88. The van der Waals surface area contributed by atoms with Crippen molar-refractivity contribution >= 4 is 11.6 Å². The van der Waals surface area contributed by atoms with Crippen LogP contribution < -0.4 is 10.6 Å². The van der Waals surface area contributed by atoms with Gasteiger partial charge in [0.05, 0.1) is 12.2 Å². The maximum Gasteiger partial charge on any atom is 0.186 e. The van der Waals surface area contributed by atoms with Crippen LogP contribution in [0.3, 0.4) is 0 Å². The molecule has 0 aromatic heterocycles. The second-order valence-electron chi connectivity index (χ2n) is 7.22. The van der Waals surface area contributed by atoms with Crippen LogP contribution in [0.2, 0.25) is 0 Å². The van der Waals surface area contributed by atoms with Crippen LogP contribution in [0.1, 0.15) is 0 Å². The Morgan fingerprint density at radius 1 is 0.562 bits per heavy atom. The predicted octanol–water partition coefficient (Wildman–Crippen LogP) is -7.27. The molecule has 0 heterocycles. The minimum absolute atomic E-state index is 0.170. The standard InChI is InChI=1S/C18H34N2O12/c1-19-5-9(23)13(27)17(31)15(29)11(25)7(21)3-4-8(22)12(26)16(30)18(32)14(28)10(24)6-20-2/h3-4,9-20,23-32H,5-6H2,1-2H3/b4-3-. The molecule has 0 aliphatic rings. The Kier molecular flexibility index (Phi) is 14.0. The molecular formula is C18H34N2O12. The van der Waals surface area contributed by atoms with Crippen LogP contribution in [0, 0.1) is 0 Å². The van der Waals surface area contributed by atoms with E-state index >= 15 is 0 Å². The quantitative estimate of drug-likeness (QED) is 0.0935. The zero-order valence-corrected chi connectivity index (χ0v) is 17.6. The van der Waals surface area contributed by atoms with Crippen molar-refractivity contribution in [1.29, 1.82) is 0 Å². The number of aliphatic hydroxyl groups excluding tert-OH is 10. The molecule has 32 heavy (non-hydrogen) atoms. The van der Waals surface area contributed by atoms with E-state index in [4.69, 9.17) is 0 Å². The number of carbonyl (C=O) groups excluding carboxylic acids is 2. The molecule has 0 amide bonds. The Labute approximate surface area is 184 Å². The van der Waals surface area contributed by atoms with Crippen LogP contribution in [0.5, 0.6) is 0 Å². The van der Waals surface area contributed by atoms with Crippen molar-refractivity contribution in [3.63, 3.8) is 0 Å². The maximum atomic E-state index is 11.9. The molecule has 0 aliphatic heterocycles. The lowest BCUT2D eigenvalue weighted by Crippen LogP contribution is -2.53. The molecular weight excluding hydrogens is 436 g/mol. The summed E-state index contributed by atoms with van der Waals surface area (Å²) in [4.78, 5) is 23.8. The Balaban J connectivity index is 5.01. The smallest absolute Gasteiger partial charge is 0.186 e. The van der Waals surface area contributed by atoms with Gasteiger partial charge in [0.25, 0.3) is 0 Å². The van der Waals surface area contributed by atoms with Gasteiger partial charge in [0.1, 0.15) is 48.8 Å².